The quantitative estimate of drug-likeness (QED) is 0.662. The molecule has 0 N–H and O–H groups in total. The van der Waals surface area contributed by atoms with E-state index in [9.17, 15) is 4.39 Å². The summed E-state index contributed by atoms with van der Waals surface area (Å²) < 4.78 is 18.2. The molecule has 0 saturated heterocycles. The molecule has 0 fully saturated rings. The van der Waals surface area contributed by atoms with Crippen molar-refractivity contribution in [3.8, 4) is 5.75 Å². The van der Waals surface area contributed by atoms with E-state index < -0.39 is 6.67 Å². The molecule has 0 aromatic heterocycles. The third kappa shape index (κ3) is 4.21. The van der Waals surface area contributed by atoms with Gasteiger partial charge in [-0.1, -0.05) is 38.8 Å². The predicted octanol–water partition coefficient (Wildman–Crippen LogP) is 4.50. The summed E-state index contributed by atoms with van der Waals surface area (Å²) in [4.78, 5) is 0. The van der Waals surface area contributed by atoms with Crippen molar-refractivity contribution in [2.24, 2.45) is 0 Å². The molecule has 0 aliphatic rings. The molecule has 1 unspecified atom stereocenters. The maximum Gasteiger partial charge on any atom is 0.119 e. The molecule has 1 nitrogen and oxygen atoms in total. The standard InChI is InChI=1S/C14H21FO/c1-3-5-6-13(4-2)16-14-9-7-12(11-15)8-10-14/h7-10,13H,3-6,11H2,1-2H3. The first-order valence-corrected chi connectivity index (χ1v) is 6.11. The summed E-state index contributed by atoms with van der Waals surface area (Å²) in [5.74, 6) is 0.847. The van der Waals surface area contributed by atoms with Crippen LogP contribution in [0, 0.1) is 0 Å². The van der Waals surface area contributed by atoms with Gasteiger partial charge in [-0.2, -0.15) is 0 Å². The van der Waals surface area contributed by atoms with Crippen molar-refractivity contribution < 1.29 is 9.13 Å². The Morgan fingerprint density at radius 3 is 2.38 bits per heavy atom. The molecule has 0 amide bonds. The second-order valence-corrected chi connectivity index (χ2v) is 4.07. The number of unbranched alkanes of at least 4 members (excludes halogenated alkanes) is 1. The number of ether oxygens (including phenoxy) is 1. The number of hydrogen-bond acceptors (Lipinski definition) is 1. The Hall–Kier alpha value is -1.05. The van der Waals surface area contributed by atoms with Crippen molar-refractivity contribution in [1.82, 2.24) is 0 Å². The smallest absolute Gasteiger partial charge is 0.119 e. The van der Waals surface area contributed by atoms with Gasteiger partial charge in [0.15, 0.2) is 0 Å². The zero-order valence-electron chi connectivity index (χ0n) is 10.2. The Morgan fingerprint density at radius 1 is 1.19 bits per heavy atom. The van der Waals surface area contributed by atoms with Crippen LogP contribution < -0.4 is 4.74 Å². The van der Waals surface area contributed by atoms with Crippen LogP contribution in [0.1, 0.15) is 45.1 Å². The van der Waals surface area contributed by atoms with Crippen LogP contribution in [0.5, 0.6) is 5.75 Å². The van der Waals surface area contributed by atoms with E-state index in [0.717, 1.165) is 18.6 Å². The van der Waals surface area contributed by atoms with Crippen LogP contribution >= 0.6 is 0 Å². The maximum absolute atomic E-state index is 12.3. The first-order valence-electron chi connectivity index (χ1n) is 6.11. The van der Waals surface area contributed by atoms with Crippen LogP contribution in [-0.4, -0.2) is 6.10 Å². The van der Waals surface area contributed by atoms with Crippen molar-refractivity contribution in [2.45, 2.75) is 52.3 Å². The topological polar surface area (TPSA) is 9.23 Å². The molecule has 2 heteroatoms. The molecule has 1 aromatic rings. The normalized spacial score (nSPS) is 12.4. The minimum Gasteiger partial charge on any atom is -0.490 e. The van der Waals surface area contributed by atoms with E-state index in [1.165, 1.54) is 12.8 Å². The summed E-state index contributed by atoms with van der Waals surface area (Å²) in [6, 6.07) is 7.26. The van der Waals surface area contributed by atoms with Gasteiger partial charge >= 0.3 is 0 Å². The van der Waals surface area contributed by atoms with E-state index in [0.29, 0.717) is 5.56 Å². The molecule has 0 bridgehead atoms. The van der Waals surface area contributed by atoms with Crippen LogP contribution in [0.25, 0.3) is 0 Å². The van der Waals surface area contributed by atoms with E-state index in [4.69, 9.17) is 4.74 Å². The summed E-state index contributed by atoms with van der Waals surface area (Å²) in [6.07, 6.45) is 4.79. The highest BCUT2D eigenvalue weighted by Crippen LogP contribution is 2.18. The second kappa shape index (κ2) is 7.26. The summed E-state index contributed by atoms with van der Waals surface area (Å²) in [5.41, 5.74) is 0.703. The van der Waals surface area contributed by atoms with Crippen molar-refractivity contribution in [2.75, 3.05) is 0 Å². The Bertz CT molecular complexity index is 281. The first kappa shape index (κ1) is 13.0. The zero-order valence-corrected chi connectivity index (χ0v) is 10.2. The molecule has 0 spiro atoms. The molecule has 1 atom stereocenters. The maximum atomic E-state index is 12.3. The van der Waals surface area contributed by atoms with Crippen molar-refractivity contribution in [1.29, 1.82) is 0 Å². The summed E-state index contributed by atoms with van der Waals surface area (Å²) in [7, 11) is 0. The van der Waals surface area contributed by atoms with E-state index in [1.54, 1.807) is 12.1 Å². The fourth-order valence-corrected chi connectivity index (χ4v) is 1.63. The molecular weight excluding hydrogens is 203 g/mol. The van der Waals surface area contributed by atoms with Crippen molar-refractivity contribution >= 4 is 0 Å². The molecule has 0 radical (unpaired) electrons. The number of rotatable bonds is 7. The lowest BCUT2D eigenvalue weighted by atomic mass is 10.1. The van der Waals surface area contributed by atoms with Crippen LogP contribution in [-0.2, 0) is 6.67 Å². The largest absolute Gasteiger partial charge is 0.490 e. The van der Waals surface area contributed by atoms with Crippen LogP contribution in [0.2, 0.25) is 0 Å². The third-order valence-corrected chi connectivity index (χ3v) is 2.72. The van der Waals surface area contributed by atoms with Gasteiger partial charge in [0.05, 0.1) is 6.10 Å². The van der Waals surface area contributed by atoms with E-state index in [2.05, 4.69) is 13.8 Å². The second-order valence-electron chi connectivity index (χ2n) is 4.07. The highest BCUT2D eigenvalue weighted by atomic mass is 19.1. The Morgan fingerprint density at radius 2 is 1.88 bits per heavy atom. The lowest BCUT2D eigenvalue weighted by Gasteiger charge is -2.17. The van der Waals surface area contributed by atoms with Gasteiger partial charge in [0, 0.05) is 0 Å². The van der Waals surface area contributed by atoms with Gasteiger partial charge in [-0.15, -0.1) is 0 Å². The summed E-state index contributed by atoms with van der Waals surface area (Å²) >= 11 is 0. The fourth-order valence-electron chi connectivity index (χ4n) is 1.63. The minimum absolute atomic E-state index is 0.288. The minimum atomic E-state index is -0.409. The highest BCUT2D eigenvalue weighted by Gasteiger charge is 2.07. The molecule has 0 aliphatic heterocycles. The highest BCUT2D eigenvalue weighted by molar-refractivity contribution is 5.27. The van der Waals surface area contributed by atoms with Gasteiger partial charge < -0.3 is 4.74 Å². The van der Waals surface area contributed by atoms with Crippen molar-refractivity contribution in [3.63, 3.8) is 0 Å². The molecule has 16 heavy (non-hydrogen) atoms. The Labute approximate surface area is 97.6 Å². The molecular formula is C14H21FO. The molecule has 90 valence electrons. The Kier molecular flexibility index (Phi) is 5.91. The van der Waals surface area contributed by atoms with Gasteiger partial charge in [0.2, 0.25) is 0 Å². The van der Waals surface area contributed by atoms with E-state index >= 15 is 0 Å². The van der Waals surface area contributed by atoms with Gasteiger partial charge in [-0.3, -0.25) is 0 Å². The lowest BCUT2D eigenvalue weighted by Crippen LogP contribution is -2.14. The average Bonchev–Trinajstić information content (AvgIpc) is 2.35. The molecule has 1 aromatic carbocycles. The number of alkyl halides is 1. The first-order chi connectivity index (χ1) is 7.80. The van der Waals surface area contributed by atoms with Gasteiger partial charge in [0.25, 0.3) is 0 Å². The zero-order chi connectivity index (χ0) is 11.8. The monoisotopic (exact) mass is 224 g/mol. The molecule has 1 rings (SSSR count). The molecule has 0 heterocycles. The Balaban J connectivity index is 2.49. The van der Waals surface area contributed by atoms with Gasteiger partial charge in [-0.05, 0) is 30.5 Å². The van der Waals surface area contributed by atoms with E-state index in [1.807, 2.05) is 12.1 Å². The fraction of sp³-hybridized carbons (Fsp3) is 0.571. The summed E-state index contributed by atoms with van der Waals surface area (Å²) in [6.45, 7) is 3.91. The number of halogens is 1. The summed E-state index contributed by atoms with van der Waals surface area (Å²) in [5, 5.41) is 0. The lowest BCUT2D eigenvalue weighted by molar-refractivity contribution is 0.183. The third-order valence-electron chi connectivity index (χ3n) is 2.72. The van der Waals surface area contributed by atoms with Crippen LogP contribution in [0.15, 0.2) is 24.3 Å². The van der Waals surface area contributed by atoms with Crippen molar-refractivity contribution in [3.05, 3.63) is 29.8 Å². The number of hydrogen-bond donors (Lipinski definition) is 0. The van der Waals surface area contributed by atoms with Crippen LogP contribution in [0.4, 0.5) is 4.39 Å². The molecule has 0 aliphatic carbocycles. The molecule has 0 saturated carbocycles. The average molecular weight is 224 g/mol. The van der Waals surface area contributed by atoms with Gasteiger partial charge in [0.1, 0.15) is 12.4 Å². The van der Waals surface area contributed by atoms with E-state index in [-0.39, 0.29) is 6.10 Å². The van der Waals surface area contributed by atoms with Crippen LogP contribution in [0.3, 0.4) is 0 Å². The predicted molar refractivity (Wildman–Crippen MR) is 65.5 cm³/mol. The number of benzene rings is 1. The SMILES string of the molecule is CCCCC(CC)Oc1ccc(CF)cc1. The van der Waals surface area contributed by atoms with Gasteiger partial charge in [-0.25, -0.2) is 4.39 Å².